The van der Waals surface area contributed by atoms with Gasteiger partial charge < -0.3 is 4.84 Å². The van der Waals surface area contributed by atoms with Crippen molar-refractivity contribution in [2.75, 3.05) is 5.48 Å². The highest BCUT2D eigenvalue weighted by Crippen LogP contribution is 2.27. The first-order valence-corrected chi connectivity index (χ1v) is 4.26. The number of nitrogens with one attached hydrogen (secondary N) is 1. The molecule has 1 aromatic heterocycles. The van der Waals surface area contributed by atoms with Crippen molar-refractivity contribution < 1.29 is 4.84 Å². The van der Waals surface area contributed by atoms with E-state index in [0.29, 0.717) is 0 Å². The molecule has 4 nitrogen and oxygen atoms in total. The van der Waals surface area contributed by atoms with Crippen molar-refractivity contribution in [3.05, 3.63) is 36.5 Å². The third kappa shape index (κ3) is 0.939. The lowest BCUT2D eigenvalue weighted by atomic mass is 10.1. The van der Waals surface area contributed by atoms with Gasteiger partial charge in [0.15, 0.2) is 0 Å². The van der Waals surface area contributed by atoms with Crippen LogP contribution in [0.15, 0.2) is 30.9 Å². The largest absolute Gasteiger partial charge is 0.390 e. The van der Waals surface area contributed by atoms with Gasteiger partial charge in [-0.25, -0.2) is 15.4 Å². The van der Waals surface area contributed by atoms with Crippen LogP contribution < -0.4 is 5.48 Å². The zero-order chi connectivity index (χ0) is 9.38. The average Bonchev–Trinajstić information content (AvgIpc) is 2.29. The van der Waals surface area contributed by atoms with Crippen LogP contribution >= 0.6 is 0 Å². The van der Waals surface area contributed by atoms with E-state index < -0.39 is 0 Å². The molecule has 0 aliphatic carbocycles. The molecule has 1 aliphatic heterocycles. The van der Waals surface area contributed by atoms with Gasteiger partial charge in [-0.15, -0.1) is 0 Å². The summed E-state index contributed by atoms with van der Waals surface area (Å²) in [6.45, 7) is 0. The molecule has 3 rings (SSSR count). The third-order valence-corrected chi connectivity index (χ3v) is 2.19. The molecule has 1 N–H and O–H groups in total. The van der Waals surface area contributed by atoms with E-state index in [1.54, 1.807) is 18.8 Å². The lowest BCUT2D eigenvalue weighted by Gasteiger charge is -2.13. The summed E-state index contributed by atoms with van der Waals surface area (Å²) in [6.07, 6.45) is 6.84. The molecule has 1 aliphatic rings. The molecule has 0 saturated carbocycles. The van der Waals surface area contributed by atoms with Crippen LogP contribution in [-0.2, 0) is 4.84 Å². The summed E-state index contributed by atoms with van der Waals surface area (Å²) in [7, 11) is 0. The van der Waals surface area contributed by atoms with Crippen molar-refractivity contribution in [3.8, 4) is 0 Å². The molecule has 0 saturated heterocycles. The van der Waals surface area contributed by atoms with E-state index in [0.717, 1.165) is 22.2 Å². The number of anilines is 1. The second kappa shape index (κ2) is 2.70. The van der Waals surface area contributed by atoms with Gasteiger partial charge in [0.05, 0.1) is 11.2 Å². The second-order valence-corrected chi connectivity index (χ2v) is 3.01. The minimum absolute atomic E-state index is 0.929. The minimum Gasteiger partial charge on any atom is -0.390 e. The molecule has 0 unspecified atom stereocenters. The van der Waals surface area contributed by atoms with Crippen LogP contribution in [-0.4, -0.2) is 9.97 Å². The summed E-state index contributed by atoms with van der Waals surface area (Å²) in [5, 5.41) is 1.03. The quantitative estimate of drug-likeness (QED) is 0.681. The first-order chi connectivity index (χ1) is 6.95. The molecular weight excluding hydrogens is 178 g/mol. The topological polar surface area (TPSA) is 47.0 Å². The number of fused-ring (bicyclic) bond motifs is 3. The molecule has 0 spiro atoms. The number of hydrogen-bond donors (Lipinski definition) is 1. The Bertz CT molecular complexity index is 522. The zero-order valence-electron chi connectivity index (χ0n) is 7.27. The monoisotopic (exact) mass is 185 g/mol. The molecule has 68 valence electrons. The molecule has 0 atom stereocenters. The number of benzene rings is 1. The highest BCUT2D eigenvalue weighted by atomic mass is 16.6. The van der Waals surface area contributed by atoms with Gasteiger partial charge in [-0.05, 0) is 18.2 Å². The van der Waals surface area contributed by atoms with Crippen molar-refractivity contribution in [1.29, 1.82) is 0 Å². The fraction of sp³-hybridized carbons (Fsp3) is 0. The molecule has 0 fully saturated rings. The standard InChI is InChI=1S/C10H7N3O/c1-2-9-8(3-4-14-13-9)10-7(1)5-11-6-12-10/h1-6,13H. The average molecular weight is 185 g/mol. The molecular formula is C10H7N3O. The van der Waals surface area contributed by atoms with E-state index in [1.807, 2.05) is 18.2 Å². The van der Waals surface area contributed by atoms with Gasteiger partial charge in [-0.1, -0.05) is 0 Å². The molecule has 4 heteroatoms. The van der Waals surface area contributed by atoms with Crippen molar-refractivity contribution in [2.24, 2.45) is 0 Å². The fourth-order valence-electron chi connectivity index (χ4n) is 1.54. The fourth-order valence-corrected chi connectivity index (χ4v) is 1.54. The van der Waals surface area contributed by atoms with E-state index >= 15 is 0 Å². The summed E-state index contributed by atoms with van der Waals surface area (Å²) in [5.74, 6) is 0. The molecule has 14 heavy (non-hydrogen) atoms. The Labute approximate surface area is 80.2 Å². The Balaban J connectivity index is 2.42. The molecule has 2 heterocycles. The van der Waals surface area contributed by atoms with Gasteiger partial charge in [0.1, 0.15) is 12.6 Å². The van der Waals surface area contributed by atoms with E-state index in [2.05, 4.69) is 15.4 Å². The third-order valence-electron chi connectivity index (χ3n) is 2.19. The van der Waals surface area contributed by atoms with Crippen LogP contribution in [0.4, 0.5) is 5.69 Å². The smallest absolute Gasteiger partial charge is 0.119 e. The Morgan fingerprint density at radius 2 is 2.29 bits per heavy atom. The van der Waals surface area contributed by atoms with E-state index in [-0.39, 0.29) is 0 Å². The van der Waals surface area contributed by atoms with Crippen molar-refractivity contribution in [2.45, 2.75) is 0 Å². The molecule has 1 aromatic carbocycles. The van der Waals surface area contributed by atoms with Gasteiger partial charge >= 0.3 is 0 Å². The van der Waals surface area contributed by atoms with Gasteiger partial charge in [0.2, 0.25) is 0 Å². The van der Waals surface area contributed by atoms with Gasteiger partial charge in [-0.2, -0.15) is 0 Å². The Morgan fingerprint density at radius 1 is 1.29 bits per heavy atom. The molecule has 0 bridgehead atoms. The highest BCUT2D eigenvalue weighted by Gasteiger charge is 2.08. The van der Waals surface area contributed by atoms with Gasteiger partial charge in [0.25, 0.3) is 0 Å². The molecule has 2 aromatic rings. The van der Waals surface area contributed by atoms with E-state index in [4.69, 9.17) is 4.84 Å². The number of rotatable bonds is 0. The van der Waals surface area contributed by atoms with Gasteiger partial charge in [-0.3, -0.25) is 0 Å². The maximum atomic E-state index is 4.97. The summed E-state index contributed by atoms with van der Waals surface area (Å²) in [4.78, 5) is 13.2. The van der Waals surface area contributed by atoms with Crippen molar-refractivity contribution >= 4 is 22.7 Å². The van der Waals surface area contributed by atoms with Crippen LogP contribution in [0.5, 0.6) is 0 Å². The predicted molar refractivity (Wildman–Crippen MR) is 53.3 cm³/mol. The summed E-state index contributed by atoms with van der Waals surface area (Å²) in [5.41, 5.74) is 5.71. The lowest BCUT2D eigenvalue weighted by molar-refractivity contribution is 0.329. The van der Waals surface area contributed by atoms with Crippen LogP contribution in [0.25, 0.3) is 17.0 Å². The van der Waals surface area contributed by atoms with E-state index in [9.17, 15) is 0 Å². The highest BCUT2D eigenvalue weighted by molar-refractivity contribution is 5.92. The van der Waals surface area contributed by atoms with Gasteiger partial charge in [0, 0.05) is 17.1 Å². The summed E-state index contributed by atoms with van der Waals surface area (Å²) < 4.78 is 0. The second-order valence-electron chi connectivity index (χ2n) is 3.01. The first kappa shape index (κ1) is 7.32. The van der Waals surface area contributed by atoms with Crippen LogP contribution in [0.1, 0.15) is 5.56 Å². The summed E-state index contributed by atoms with van der Waals surface area (Å²) in [6, 6.07) is 3.91. The molecule has 0 radical (unpaired) electrons. The minimum atomic E-state index is 0.929. The summed E-state index contributed by atoms with van der Waals surface area (Å²) >= 11 is 0. The van der Waals surface area contributed by atoms with Crippen molar-refractivity contribution in [1.82, 2.24) is 9.97 Å². The van der Waals surface area contributed by atoms with Crippen LogP contribution in [0, 0.1) is 0 Å². The predicted octanol–water partition coefficient (Wildman–Crippen LogP) is 1.96. The number of hydrogen-bond acceptors (Lipinski definition) is 4. The maximum Gasteiger partial charge on any atom is 0.119 e. The number of nitrogens with zero attached hydrogens (tertiary/aromatic N) is 2. The lowest BCUT2D eigenvalue weighted by Crippen LogP contribution is -2.02. The first-order valence-electron chi connectivity index (χ1n) is 4.26. The molecule has 0 amide bonds. The maximum absolute atomic E-state index is 4.97. The Morgan fingerprint density at radius 3 is 3.29 bits per heavy atom. The van der Waals surface area contributed by atoms with E-state index in [1.165, 1.54) is 0 Å². The Hall–Kier alpha value is -2.10. The van der Waals surface area contributed by atoms with Crippen LogP contribution in [0.2, 0.25) is 0 Å². The SMILES string of the molecule is C1=Cc2c(ccc3cncnc23)NO1. The normalized spacial score (nSPS) is 13.1. The van der Waals surface area contributed by atoms with Crippen molar-refractivity contribution in [3.63, 3.8) is 0 Å². The Kier molecular flexibility index (Phi) is 1.41. The zero-order valence-corrected chi connectivity index (χ0v) is 7.27. The number of aromatic nitrogens is 2. The van der Waals surface area contributed by atoms with Crippen LogP contribution in [0.3, 0.4) is 0 Å².